The summed E-state index contributed by atoms with van der Waals surface area (Å²) in [5, 5.41) is 4.91. The van der Waals surface area contributed by atoms with Gasteiger partial charge >= 0.3 is 6.03 Å². The normalized spacial score (nSPS) is 17.5. The van der Waals surface area contributed by atoms with Gasteiger partial charge < -0.3 is 15.0 Å². The lowest BCUT2D eigenvalue weighted by Gasteiger charge is -2.32. The van der Waals surface area contributed by atoms with Crippen LogP contribution in [0.5, 0.6) is 0 Å². The van der Waals surface area contributed by atoms with Crippen LogP contribution in [0, 0.1) is 0 Å². The quantitative estimate of drug-likeness (QED) is 0.498. The number of amides is 4. The first-order chi connectivity index (χ1) is 9.01. The average Bonchev–Trinajstić information content (AvgIpc) is 2.62. The van der Waals surface area contributed by atoms with Gasteiger partial charge in [0, 0.05) is 13.7 Å². The molecule has 1 rings (SSSR count). The van der Waals surface area contributed by atoms with Crippen molar-refractivity contribution in [2.24, 2.45) is 0 Å². The molecule has 0 unspecified atom stereocenters. The Morgan fingerprint density at radius 1 is 1.37 bits per heavy atom. The predicted molar refractivity (Wildman–Crippen MR) is 68.4 cm³/mol. The molecule has 0 bridgehead atoms. The molecule has 2 N–H and O–H groups in total. The molecule has 0 aromatic rings. The van der Waals surface area contributed by atoms with Crippen molar-refractivity contribution in [3.8, 4) is 0 Å². The molecule has 0 spiro atoms. The van der Waals surface area contributed by atoms with E-state index in [0.717, 1.165) is 0 Å². The summed E-state index contributed by atoms with van der Waals surface area (Å²) in [6.45, 7) is 4.32. The van der Waals surface area contributed by atoms with Crippen LogP contribution in [0.25, 0.3) is 0 Å². The Morgan fingerprint density at radius 3 is 2.53 bits per heavy atom. The highest BCUT2D eigenvalue weighted by atomic mass is 16.5. The van der Waals surface area contributed by atoms with Crippen LogP contribution in [0.3, 0.4) is 0 Å². The van der Waals surface area contributed by atoms with E-state index in [-0.39, 0.29) is 18.4 Å². The predicted octanol–water partition coefficient (Wildman–Crippen LogP) is -0.140. The molecule has 0 aromatic heterocycles. The third-order valence-electron chi connectivity index (χ3n) is 3.50. The van der Waals surface area contributed by atoms with Crippen LogP contribution in [-0.2, 0) is 14.3 Å². The highest BCUT2D eigenvalue weighted by Gasteiger charge is 2.50. The summed E-state index contributed by atoms with van der Waals surface area (Å²) in [6, 6.07) is -0.504. The summed E-state index contributed by atoms with van der Waals surface area (Å²) < 4.78 is 4.82. The smallest absolute Gasteiger partial charge is 0.325 e. The van der Waals surface area contributed by atoms with Crippen LogP contribution in [0.15, 0.2) is 0 Å². The number of rotatable bonds is 7. The van der Waals surface area contributed by atoms with E-state index in [1.54, 1.807) is 0 Å². The van der Waals surface area contributed by atoms with Crippen molar-refractivity contribution in [1.82, 2.24) is 15.5 Å². The van der Waals surface area contributed by atoms with Crippen molar-refractivity contribution in [3.05, 3.63) is 0 Å². The molecule has 4 amide bonds. The van der Waals surface area contributed by atoms with E-state index in [2.05, 4.69) is 10.6 Å². The highest BCUT2D eigenvalue weighted by Crippen LogP contribution is 2.28. The standard InChI is InChI=1S/C12H21N3O4/c1-4-12(5-2)10(17)14-11(18)15(12)8-9(16)13-6-7-19-3/h4-8H2,1-3H3,(H,13,16)(H,14,17,18). The molecular weight excluding hydrogens is 250 g/mol. The Morgan fingerprint density at radius 2 is 2.00 bits per heavy atom. The van der Waals surface area contributed by atoms with Gasteiger partial charge in [0.15, 0.2) is 0 Å². The minimum atomic E-state index is -0.907. The van der Waals surface area contributed by atoms with Gasteiger partial charge in [0.1, 0.15) is 12.1 Å². The number of methoxy groups -OCH3 is 1. The maximum Gasteiger partial charge on any atom is 0.325 e. The molecule has 7 heteroatoms. The lowest BCUT2D eigenvalue weighted by Crippen LogP contribution is -2.52. The van der Waals surface area contributed by atoms with Crippen molar-refractivity contribution in [3.63, 3.8) is 0 Å². The molecule has 0 atom stereocenters. The summed E-state index contributed by atoms with van der Waals surface area (Å²) in [6.07, 6.45) is 0.957. The van der Waals surface area contributed by atoms with E-state index in [4.69, 9.17) is 4.74 Å². The lowest BCUT2D eigenvalue weighted by atomic mass is 9.91. The van der Waals surface area contributed by atoms with E-state index in [1.807, 2.05) is 13.8 Å². The van der Waals surface area contributed by atoms with Gasteiger partial charge in [-0.05, 0) is 12.8 Å². The fraction of sp³-hybridized carbons (Fsp3) is 0.750. The fourth-order valence-corrected chi connectivity index (χ4v) is 2.27. The Bertz CT molecular complexity index is 366. The molecule has 1 aliphatic heterocycles. The second-order valence-electron chi connectivity index (χ2n) is 4.43. The van der Waals surface area contributed by atoms with Gasteiger partial charge in [-0.15, -0.1) is 0 Å². The van der Waals surface area contributed by atoms with E-state index in [9.17, 15) is 14.4 Å². The van der Waals surface area contributed by atoms with Gasteiger partial charge in [-0.1, -0.05) is 13.8 Å². The molecule has 0 aromatic carbocycles. The second kappa shape index (κ2) is 6.51. The van der Waals surface area contributed by atoms with Crippen LogP contribution < -0.4 is 10.6 Å². The summed E-state index contributed by atoms with van der Waals surface area (Å²) in [5.41, 5.74) is -0.907. The van der Waals surface area contributed by atoms with Crippen LogP contribution in [0.2, 0.25) is 0 Å². The molecule has 0 radical (unpaired) electrons. The lowest BCUT2D eigenvalue weighted by molar-refractivity contribution is -0.129. The number of hydrogen-bond acceptors (Lipinski definition) is 4. The van der Waals surface area contributed by atoms with Crippen molar-refractivity contribution in [2.45, 2.75) is 32.2 Å². The van der Waals surface area contributed by atoms with Crippen molar-refractivity contribution in [1.29, 1.82) is 0 Å². The highest BCUT2D eigenvalue weighted by molar-refractivity contribution is 6.08. The molecule has 19 heavy (non-hydrogen) atoms. The molecule has 1 heterocycles. The van der Waals surface area contributed by atoms with Gasteiger partial charge in [0.05, 0.1) is 6.61 Å². The molecule has 1 saturated heterocycles. The SMILES string of the molecule is CCC1(CC)C(=O)NC(=O)N1CC(=O)NCCOC. The largest absolute Gasteiger partial charge is 0.383 e. The van der Waals surface area contributed by atoms with Gasteiger partial charge in [-0.3, -0.25) is 14.9 Å². The van der Waals surface area contributed by atoms with Crippen molar-refractivity contribution >= 4 is 17.8 Å². The third kappa shape index (κ3) is 3.04. The Balaban J connectivity index is 2.71. The zero-order valence-electron chi connectivity index (χ0n) is 11.6. The molecule has 0 saturated carbocycles. The first kappa shape index (κ1) is 15.4. The summed E-state index contributed by atoms with van der Waals surface area (Å²) in [5.74, 6) is -0.625. The van der Waals surface area contributed by atoms with Gasteiger partial charge in [0.2, 0.25) is 5.91 Å². The molecule has 7 nitrogen and oxygen atoms in total. The number of hydrogen-bond donors (Lipinski definition) is 2. The van der Waals surface area contributed by atoms with E-state index in [1.165, 1.54) is 12.0 Å². The van der Waals surface area contributed by atoms with Crippen molar-refractivity contribution < 1.29 is 19.1 Å². The fourth-order valence-electron chi connectivity index (χ4n) is 2.27. The first-order valence-electron chi connectivity index (χ1n) is 6.40. The van der Waals surface area contributed by atoms with E-state index >= 15 is 0 Å². The first-order valence-corrected chi connectivity index (χ1v) is 6.40. The maximum absolute atomic E-state index is 11.9. The Kier molecular flexibility index (Phi) is 5.29. The third-order valence-corrected chi connectivity index (χ3v) is 3.50. The molecule has 108 valence electrons. The molecule has 0 aliphatic carbocycles. The van der Waals surface area contributed by atoms with Crippen LogP contribution >= 0.6 is 0 Å². The topological polar surface area (TPSA) is 87.7 Å². The average molecular weight is 271 g/mol. The summed E-state index contributed by atoms with van der Waals surface area (Å²) in [4.78, 5) is 36.7. The molecule has 1 fully saturated rings. The number of nitrogens with one attached hydrogen (secondary N) is 2. The number of imide groups is 1. The maximum atomic E-state index is 11.9. The molecular formula is C12H21N3O4. The zero-order valence-corrected chi connectivity index (χ0v) is 11.6. The van der Waals surface area contributed by atoms with Gasteiger partial charge in [-0.2, -0.15) is 0 Å². The van der Waals surface area contributed by atoms with E-state index in [0.29, 0.717) is 26.0 Å². The van der Waals surface area contributed by atoms with Gasteiger partial charge in [0.25, 0.3) is 5.91 Å². The summed E-state index contributed by atoms with van der Waals surface area (Å²) >= 11 is 0. The monoisotopic (exact) mass is 271 g/mol. The van der Waals surface area contributed by atoms with E-state index < -0.39 is 11.6 Å². The van der Waals surface area contributed by atoms with Gasteiger partial charge in [-0.25, -0.2) is 4.79 Å². The number of ether oxygens (including phenoxy) is 1. The number of carbonyl (C=O) groups excluding carboxylic acids is 3. The van der Waals surface area contributed by atoms with Crippen LogP contribution in [0.4, 0.5) is 4.79 Å². The Labute approximate surface area is 112 Å². The minimum absolute atomic E-state index is 0.122. The number of nitrogens with zero attached hydrogens (tertiary/aromatic N) is 1. The van der Waals surface area contributed by atoms with Crippen molar-refractivity contribution in [2.75, 3.05) is 26.8 Å². The van der Waals surface area contributed by atoms with Crippen LogP contribution in [-0.4, -0.2) is 55.1 Å². The molecule has 1 aliphatic rings. The second-order valence-corrected chi connectivity index (χ2v) is 4.43. The Hall–Kier alpha value is -1.63. The minimum Gasteiger partial charge on any atom is -0.383 e. The number of carbonyl (C=O) groups is 3. The summed E-state index contributed by atoms with van der Waals surface area (Å²) in [7, 11) is 1.54. The number of urea groups is 1. The zero-order chi connectivity index (χ0) is 14.5. The van der Waals surface area contributed by atoms with Crippen LogP contribution in [0.1, 0.15) is 26.7 Å².